The first-order chi connectivity index (χ1) is 6.26. The Hall–Kier alpha value is -1.50. The van der Waals surface area contributed by atoms with E-state index in [2.05, 4.69) is 5.32 Å². The molecule has 0 aliphatic rings. The molecule has 0 aromatic heterocycles. The van der Waals surface area contributed by atoms with Crippen LogP contribution in [0.2, 0.25) is 0 Å². The molecule has 0 aromatic rings. The summed E-state index contributed by atoms with van der Waals surface area (Å²) in [5.74, 6) is 1.45. The molecular weight excluding hydrogens is 182 g/mol. The largest absolute Gasteiger partial charge is 0.444 e. The predicted molar refractivity (Wildman–Crippen MR) is 52.7 cm³/mol. The van der Waals surface area contributed by atoms with Gasteiger partial charge in [0.15, 0.2) is 0 Å². The molecule has 0 fully saturated rings. The summed E-state index contributed by atoms with van der Waals surface area (Å²) in [6, 6.07) is -0.713. The second-order valence-corrected chi connectivity index (χ2v) is 3.88. The molecule has 0 spiro atoms. The molecule has 78 valence electrons. The van der Waals surface area contributed by atoms with Crippen LogP contribution >= 0.6 is 0 Å². The van der Waals surface area contributed by atoms with Crippen molar-refractivity contribution in [2.45, 2.75) is 39.3 Å². The first kappa shape index (κ1) is 12.5. The van der Waals surface area contributed by atoms with Crippen LogP contribution in [0, 0.1) is 12.3 Å². The molecule has 1 amide bonds. The first-order valence-electron chi connectivity index (χ1n) is 4.26. The van der Waals surface area contributed by atoms with Gasteiger partial charge in [0, 0.05) is 0 Å². The topological polar surface area (TPSA) is 55.4 Å². The van der Waals surface area contributed by atoms with E-state index in [0.29, 0.717) is 0 Å². The van der Waals surface area contributed by atoms with E-state index in [4.69, 9.17) is 11.2 Å². The summed E-state index contributed by atoms with van der Waals surface area (Å²) >= 11 is 0. The minimum atomic E-state index is -0.713. The van der Waals surface area contributed by atoms with Crippen LogP contribution in [0.5, 0.6) is 0 Å². The second-order valence-electron chi connectivity index (χ2n) is 3.88. The van der Waals surface area contributed by atoms with Gasteiger partial charge in [0.25, 0.3) is 0 Å². The van der Waals surface area contributed by atoms with E-state index in [9.17, 15) is 9.59 Å². The van der Waals surface area contributed by atoms with Crippen LogP contribution < -0.4 is 5.32 Å². The minimum Gasteiger partial charge on any atom is -0.444 e. The quantitative estimate of drug-likeness (QED) is 0.532. The highest BCUT2D eigenvalue weighted by atomic mass is 16.6. The molecule has 0 heterocycles. The Morgan fingerprint density at radius 1 is 1.43 bits per heavy atom. The van der Waals surface area contributed by atoms with E-state index < -0.39 is 23.5 Å². The van der Waals surface area contributed by atoms with Crippen molar-refractivity contribution in [2.75, 3.05) is 0 Å². The van der Waals surface area contributed by atoms with Crippen LogP contribution in [-0.4, -0.2) is 23.5 Å². The smallest absolute Gasteiger partial charge is 0.408 e. The fourth-order valence-corrected chi connectivity index (χ4v) is 0.675. The molecule has 0 radical (unpaired) electrons. The van der Waals surface area contributed by atoms with Gasteiger partial charge in [0.2, 0.25) is 5.78 Å². The molecule has 0 bridgehead atoms. The van der Waals surface area contributed by atoms with Crippen molar-refractivity contribution in [3.05, 3.63) is 0 Å². The third-order valence-electron chi connectivity index (χ3n) is 1.27. The van der Waals surface area contributed by atoms with E-state index in [1.165, 1.54) is 6.92 Å². The van der Waals surface area contributed by atoms with E-state index in [0.717, 1.165) is 0 Å². The number of Topliss-reactive ketones (excluding diaryl/α,β-unsaturated/α-hetero) is 1. The Morgan fingerprint density at radius 3 is 2.29 bits per heavy atom. The number of hydrogen-bond acceptors (Lipinski definition) is 3. The molecule has 1 N–H and O–H groups in total. The Morgan fingerprint density at radius 2 is 1.93 bits per heavy atom. The van der Waals surface area contributed by atoms with Gasteiger partial charge in [-0.2, -0.15) is 0 Å². The predicted octanol–water partition coefficient (Wildman–Crippen LogP) is 1.10. The lowest BCUT2D eigenvalue weighted by Gasteiger charge is -2.20. The van der Waals surface area contributed by atoms with Crippen LogP contribution in [0.15, 0.2) is 0 Å². The zero-order valence-corrected chi connectivity index (χ0v) is 8.88. The fourth-order valence-electron chi connectivity index (χ4n) is 0.675. The molecule has 4 nitrogen and oxygen atoms in total. The summed E-state index contributed by atoms with van der Waals surface area (Å²) in [6.07, 6.45) is 4.24. The Labute approximate surface area is 84.0 Å². The number of nitrogens with one attached hydrogen (secondary N) is 1. The van der Waals surface area contributed by atoms with Gasteiger partial charge in [-0.3, -0.25) is 4.79 Å². The normalized spacial score (nSPS) is 12.5. The van der Waals surface area contributed by atoms with E-state index in [1.54, 1.807) is 20.8 Å². The highest BCUT2D eigenvalue weighted by Crippen LogP contribution is 2.06. The Bertz CT molecular complexity index is 270. The molecule has 0 aromatic carbocycles. The zero-order valence-electron chi connectivity index (χ0n) is 8.88. The molecule has 0 aliphatic heterocycles. The average Bonchev–Trinajstić information content (AvgIpc) is 1.99. The zero-order chi connectivity index (χ0) is 11.4. The summed E-state index contributed by atoms with van der Waals surface area (Å²) < 4.78 is 4.93. The van der Waals surface area contributed by atoms with Crippen molar-refractivity contribution in [1.29, 1.82) is 0 Å². The molecule has 0 saturated carbocycles. The standard InChI is InChI=1S/C10H15NO3/c1-6-8(12)7(2)11-9(13)14-10(3,4)5/h1,7H,2-5H3,(H,11,13). The van der Waals surface area contributed by atoms with Gasteiger partial charge in [0.05, 0.1) is 0 Å². The lowest BCUT2D eigenvalue weighted by atomic mass is 10.2. The van der Waals surface area contributed by atoms with Crippen LogP contribution in [0.25, 0.3) is 0 Å². The number of carbonyl (C=O) groups is 2. The number of terminal acetylenes is 1. The number of ketones is 1. The third-order valence-corrected chi connectivity index (χ3v) is 1.27. The molecule has 14 heavy (non-hydrogen) atoms. The molecule has 1 atom stereocenters. The van der Waals surface area contributed by atoms with Gasteiger partial charge in [-0.05, 0) is 33.6 Å². The van der Waals surface area contributed by atoms with Crippen molar-refractivity contribution in [3.8, 4) is 12.3 Å². The van der Waals surface area contributed by atoms with E-state index >= 15 is 0 Å². The summed E-state index contributed by atoms with van der Waals surface area (Å²) in [5, 5.41) is 2.33. The highest BCUT2D eigenvalue weighted by Gasteiger charge is 2.19. The summed E-state index contributed by atoms with van der Waals surface area (Å²) in [7, 11) is 0. The van der Waals surface area contributed by atoms with Gasteiger partial charge in [-0.25, -0.2) is 4.79 Å². The highest BCUT2D eigenvalue weighted by molar-refractivity contribution is 6.00. The number of alkyl carbamates (subject to hydrolysis) is 1. The van der Waals surface area contributed by atoms with Gasteiger partial charge in [-0.15, -0.1) is 6.42 Å². The lowest BCUT2D eigenvalue weighted by Crippen LogP contribution is -2.41. The van der Waals surface area contributed by atoms with Crippen LogP contribution in [0.4, 0.5) is 4.79 Å². The van der Waals surface area contributed by atoms with Crippen LogP contribution in [-0.2, 0) is 9.53 Å². The number of amides is 1. The van der Waals surface area contributed by atoms with E-state index in [-0.39, 0.29) is 0 Å². The van der Waals surface area contributed by atoms with E-state index in [1.807, 2.05) is 5.92 Å². The third kappa shape index (κ3) is 5.20. The number of ether oxygens (including phenoxy) is 1. The molecule has 0 saturated heterocycles. The Balaban J connectivity index is 4.09. The number of hydrogen-bond donors (Lipinski definition) is 1. The monoisotopic (exact) mass is 197 g/mol. The van der Waals surface area contributed by atoms with Crippen molar-refractivity contribution < 1.29 is 14.3 Å². The molecule has 1 unspecified atom stereocenters. The van der Waals surface area contributed by atoms with Crippen LogP contribution in [0.1, 0.15) is 27.7 Å². The number of carbonyl (C=O) groups excluding carboxylic acids is 2. The van der Waals surface area contributed by atoms with Gasteiger partial charge in [-0.1, -0.05) is 0 Å². The van der Waals surface area contributed by atoms with Gasteiger partial charge >= 0.3 is 6.09 Å². The Kier molecular flexibility index (Phi) is 4.16. The first-order valence-corrected chi connectivity index (χ1v) is 4.26. The summed E-state index contributed by atoms with van der Waals surface area (Å²) in [4.78, 5) is 22.0. The number of rotatable bonds is 2. The molecular formula is C10H15NO3. The van der Waals surface area contributed by atoms with Gasteiger partial charge < -0.3 is 10.1 Å². The van der Waals surface area contributed by atoms with Crippen molar-refractivity contribution in [3.63, 3.8) is 0 Å². The van der Waals surface area contributed by atoms with Crippen molar-refractivity contribution >= 4 is 11.9 Å². The van der Waals surface area contributed by atoms with Crippen molar-refractivity contribution in [1.82, 2.24) is 5.32 Å². The SMILES string of the molecule is C#CC(=O)C(C)NC(=O)OC(C)(C)C. The fraction of sp³-hybridized carbons (Fsp3) is 0.600. The molecule has 4 heteroatoms. The maximum Gasteiger partial charge on any atom is 0.408 e. The minimum absolute atomic E-state index is 0.476. The lowest BCUT2D eigenvalue weighted by molar-refractivity contribution is -0.115. The molecule has 0 aliphatic carbocycles. The second kappa shape index (κ2) is 4.66. The molecule has 0 rings (SSSR count). The van der Waals surface area contributed by atoms with Gasteiger partial charge in [0.1, 0.15) is 11.6 Å². The average molecular weight is 197 g/mol. The summed E-state index contributed by atoms with van der Waals surface area (Å²) in [5.41, 5.74) is -0.580. The van der Waals surface area contributed by atoms with Crippen molar-refractivity contribution in [2.24, 2.45) is 0 Å². The maximum absolute atomic E-state index is 11.1. The summed E-state index contributed by atoms with van der Waals surface area (Å²) in [6.45, 7) is 6.72. The van der Waals surface area contributed by atoms with Crippen LogP contribution in [0.3, 0.4) is 0 Å². The maximum atomic E-state index is 11.1.